The van der Waals surface area contributed by atoms with Crippen LogP contribution in [0, 0.1) is 11.8 Å². The van der Waals surface area contributed by atoms with Crippen molar-refractivity contribution in [2.45, 2.75) is 19.3 Å². The molecule has 2 atom stereocenters. The summed E-state index contributed by atoms with van der Waals surface area (Å²) in [5.41, 5.74) is 1.67. The van der Waals surface area contributed by atoms with Gasteiger partial charge in [0.25, 0.3) is 0 Å². The molecule has 1 heterocycles. The molecule has 0 aromatic rings. The topological polar surface area (TPSA) is 0 Å². The molecule has 3 aliphatic rings. The van der Waals surface area contributed by atoms with Crippen molar-refractivity contribution in [1.82, 2.24) is 0 Å². The van der Waals surface area contributed by atoms with E-state index < -0.39 is 0 Å². The summed E-state index contributed by atoms with van der Waals surface area (Å²) in [6.45, 7) is 0. The molecule has 2 aliphatic carbocycles. The van der Waals surface area contributed by atoms with Crippen molar-refractivity contribution < 1.29 is 0 Å². The van der Waals surface area contributed by atoms with Gasteiger partial charge in [0.1, 0.15) is 0 Å². The van der Waals surface area contributed by atoms with Crippen LogP contribution in [0.1, 0.15) is 19.3 Å². The first-order valence-corrected chi connectivity index (χ1v) is 5.48. The summed E-state index contributed by atoms with van der Waals surface area (Å²) in [7, 11) is 0. The summed E-state index contributed by atoms with van der Waals surface area (Å²) in [6, 6.07) is 0. The third-order valence-electron chi connectivity index (χ3n) is 2.89. The molecule has 0 N–H and O–H groups in total. The Kier molecular flexibility index (Phi) is 1.25. The average Bonchev–Trinajstić information content (AvgIpc) is 2.83. The molecular formula is C10H12S. The lowest BCUT2D eigenvalue weighted by Crippen LogP contribution is -2.02. The van der Waals surface area contributed by atoms with E-state index in [0.29, 0.717) is 0 Å². The van der Waals surface area contributed by atoms with Gasteiger partial charge in [0.05, 0.1) is 0 Å². The van der Waals surface area contributed by atoms with E-state index in [9.17, 15) is 0 Å². The van der Waals surface area contributed by atoms with Crippen molar-refractivity contribution in [3.05, 3.63) is 22.6 Å². The number of thioether (sulfide) groups is 1. The van der Waals surface area contributed by atoms with E-state index in [4.69, 9.17) is 0 Å². The fourth-order valence-corrected chi connectivity index (χ4v) is 3.49. The molecule has 0 bridgehead atoms. The second-order valence-electron chi connectivity index (χ2n) is 3.71. The van der Waals surface area contributed by atoms with Crippen LogP contribution < -0.4 is 0 Å². The van der Waals surface area contributed by atoms with Crippen LogP contribution in [0.25, 0.3) is 0 Å². The third kappa shape index (κ3) is 0.903. The van der Waals surface area contributed by atoms with Crippen LogP contribution in [-0.4, -0.2) is 5.75 Å². The highest BCUT2D eigenvalue weighted by molar-refractivity contribution is 8.03. The fraction of sp³-hybridized carbons (Fsp3) is 0.600. The summed E-state index contributed by atoms with van der Waals surface area (Å²) in [6.07, 6.45) is 9.00. The molecule has 58 valence electrons. The standard InChI is InChI=1S/C10H12S/c1-2-7-3-4-8-6-9(8)10(7)11-5-1/h3-4,8-9H,1-2,5-6H2. The second-order valence-corrected chi connectivity index (χ2v) is 4.84. The SMILES string of the molecule is C1=CC2CC2C2=C1CCCS2. The number of rotatable bonds is 0. The van der Waals surface area contributed by atoms with Crippen LogP contribution in [0.15, 0.2) is 22.6 Å². The van der Waals surface area contributed by atoms with Gasteiger partial charge < -0.3 is 0 Å². The van der Waals surface area contributed by atoms with Gasteiger partial charge in [-0.05, 0) is 47.3 Å². The molecule has 3 rings (SSSR count). The molecule has 2 unspecified atom stereocenters. The predicted molar refractivity (Wildman–Crippen MR) is 49.5 cm³/mol. The van der Waals surface area contributed by atoms with Gasteiger partial charge >= 0.3 is 0 Å². The van der Waals surface area contributed by atoms with Crippen LogP contribution in [0.2, 0.25) is 0 Å². The van der Waals surface area contributed by atoms with Gasteiger partial charge in [-0.15, -0.1) is 11.8 Å². The Labute approximate surface area is 71.8 Å². The normalized spacial score (nSPS) is 40.0. The van der Waals surface area contributed by atoms with Gasteiger partial charge in [-0.25, -0.2) is 0 Å². The maximum Gasteiger partial charge on any atom is -0.00199 e. The summed E-state index contributed by atoms with van der Waals surface area (Å²) in [4.78, 5) is 1.75. The lowest BCUT2D eigenvalue weighted by molar-refractivity contribution is 0.858. The molecule has 1 heteroatoms. The van der Waals surface area contributed by atoms with Crippen LogP contribution >= 0.6 is 11.8 Å². The Balaban J connectivity index is 2.01. The molecule has 1 fully saturated rings. The fourth-order valence-electron chi connectivity index (χ4n) is 2.14. The molecule has 11 heavy (non-hydrogen) atoms. The minimum atomic E-state index is 0.944. The Bertz CT molecular complexity index is 250. The highest BCUT2D eigenvalue weighted by Gasteiger charge is 2.41. The van der Waals surface area contributed by atoms with Gasteiger partial charge in [0.2, 0.25) is 0 Å². The first kappa shape index (κ1) is 6.36. The molecule has 0 aromatic heterocycles. The lowest BCUT2D eigenvalue weighted by Gasteiger charge is -2.19. The van der Waals surface area contributed by atoms with E-state index in [0.717, 1.165) is 11.8 Å². The highest BCUT2D eigenvalue weighted by Crippen LogP contribution is 2.54. The molecular weight excluding hydrogens is 152 g/mol. The third-order valence-corrected chi connectivity index (χ3v) is 4.25. The van der Waals surface area contributed by atoms with Crippen molar-refractivity contribution in [2.24, 2.45) is 11.8 Å². The first-order valence-electron chi connectivity index (χ1n) is 4.49. The molecule has 1 aliphatic heterocycles. The molecule has 0 aromatic carbocycles. The minimum absolute atomic E-state index is 0.944. The molecule has 0 amide bonds. The van der Waals surface area contributed by atoms with Crippen molar-refractivity contribution >= 4 is 11.8 Å². The molecule has 1 saturated carbocycles. The number of hydrogen-bond acceptors (Lipinski definition) is 1. The Morgan fingerprint density at radius 3 is 3.45 bits per heavy atom. The quantitative estimate of drug-likeness (QED) is 0.530. The van der Waals surface area contributed by atoms with Crippen molar-refractivity contribution in [1.29, 1.82) is 0 Å². The average molecular weight is 164 g/mol. The summed E-state index contributed by atoms with van der Waals surface area (Å²) >= 11 is 2.13. The van der Waals surface area contributed by atoms with E-state index in [1.54, 1.807) is 10.5 Å². The van der Waals surface area contributed by atoms with Gasteiger partial charge in [0.15, 0.2) is 0 Å². The van der Waals surface area contributed by atoms with Gasteiger partial charge in [-0.2, -0.15) is 0 Å². The predicted octanol–water partition coefficient (Wildman–Crippen LogP) is 2.97. The summed E-state index contributed by atoms with van der Waals surface area (Å²) < 4.78 is 0. The van der Waals surface area contributed by atoms with Crippen LogP contribution in [0.3, 0.4) is 0 Å². The second kappa shape index (κ2) is 2.16. The van der Waals surface area contributed by atoms with Gasteiger partial charge in [-0.1, -0.05) is 12.2 Å². The van der Waals surface area contributed by atoms with E-state index in [-0.39, 0.29) is 0 Å². The van der Waals surface area contributed by atoms with Crippen LogP contribution in [0.5, 0.6) is 0 Å². The summed E-state index contributed by atoms with van der Waals surface area (Å²) in [5.74, 6) is 3.29. The van der Waals surface area contributed by atoms with Gasteiger partial charge in [-0.3, -0.25) is 0 Å². The Hall–Kier alpha value is -0.170. The molecule has 0 nitrogen and oxygen atoms in total. The van der Waals surface area contributed by atoms with Crippen molar-refractivity contribution in [3.8, 4) is 0 Å². The Morgan fingerprint density at radius 2 is 2.45 bits per heavy atom. The van der Waals surface area contributed by atoms with Crippen molar-refractivity contribution in [2.75, 3.05) is 5.75 Å². The summed E-state index contributed by atoms with van der Waals surface area (Å²) in [5, 5.41) is 0. The lowest BCUT2D eigenvalue weighted by atomic mass is 10.0. The van der Waals surface area contributed by atoms with Crippen LogP contribution in [0.4, 0.5) is 0 Å². The van der Waals surface area contributed by atoms with E-state index in [2.05, 4.69) is 23.9 Å². The number of allylic oxidation sites excluding steroid dienone is 4. The molecule has 0 radical (unpaired) electrons. The van der Waals surface area contributed by atoms with E-state index in [1.165, 1.54) is 25.0 Å². The monoisotopic (exact) mass is 164 g/mol. The molecule has 0 spiro atoms. The van der Waals surface area contributed by atoms with E-state index >= 15 is 0 Å². The maximum absolute atomic E-state index is 2.43. The van der Waals surface area contributed by atoms with Crippen molar-refractivity contribution in [3.63, 3.8) is 0 Å². The zero-order valence-electron chi connectivity index (χ0n) is 6.55. The smallest absolute Gasteiger partial charge is 0.00199 e. The maximum atomic E-state index is 2.43. The number of fused-ring (bicyclic) bond motifs is 2. The van der Waals surface area contributed by atoms with E-state index in [1.807, 2.05) is 0 Å². The zero-order chi connectivity index (χ0) is 7.26. The highest BCUT2D eigenvalue weighted by atomic mass is 32.2. The Morgan fingerprint density at radius 1 is 1.45 bits per heavy atom. The minimum Gasteiger partial charge on any atom is -0.130 e. The van der Waals surface area contributed by atoms with Crippen LogP contribution in [-0.2, 0) is 0 Å². The first-order chi connectivity index (χ1) is 5.45. The number of hydrogen-bond donors (Lipinski definition) is 0. The zero-order valence-corrected chi connectivity index (χ0v) is 7.36. The molecule has 0 saturated heterocycles. The largest absolute Gasteiger partial charge is 0.130 e. The van der Waals surface area contributed by atoms with Gasteiger partial charge in [0, 0.05) is 0 Å².